The van der Waals surface area contributed by atoms with Gasteiger partial charge in [-0.1, -0.05) is 29.8 Å². The van der Waals surface area contributed by atoms with Gasteiger partial charge >= 0.3 is 5.97 Å². The summed E-state index contributed by atoms with van der Waals surface area (Å²) in [4.78, 5) is 15.6. The fourth-order valence-corrected chi connectivity index (χ4v) is 3.47. The molecule has 106 valence electrons. The van der Waals surface area contributed by atoms with Crippen molar-refractivity contribution in [1.82, 2.24) is 4.98 Å². The fourth-order valence-electron chi connectivity index (χ4n) is 1.45. The summed E-state index contributed by atoms with van der Waals surface area (Å²) >= 11 is 9.03. The summed E-state index contributed by atoms with van der Waals surface area (Å²) in [5, 5.41) is 12.6. The molecule has 1 aromatic carbocycles. The van der Waals surface area contributed by atoms with E-state index in [0.29, 0.717) is 10.8 Å². The van der Waals surface area contributed by atoms with E-state index in [1.807, 2.05) is 29.6 Å². The lowest BCUT2D eigenvalue weighted by Gasteiger charge is -2.17. The normalized spacial score (nSPS) is 11.6. The Labute approximate surface area is 131 Å². The third-order valence-electron chi connectivity index (χ3n) is 2.75. The van der Waals surface area contributed by atoms with Crippen molar-refractivity contribution in [3.05, 3.63) is 40.4 Å². The van der Waals surface area contributed by atoms with Gasteiger partial charge in [-0.25, -0.2) is 4.98 Å². The fraction of sp³-hybridized carbons (Fsp3) is 0.286. The molecule has 0 spiro atoms. The molecule has 1 heterocycles. The van der Waals surface area contributed by atoms with E-state index < -0.39 is 10.7 Å². The van der Waals surface area contributed by atoms with E-state index in [1.165, 1.54) is 23.1 Å². The number of rotatable bonds is 5. The van der Waals surface area contributed by atoms with Crippen LogP contribution in [0.5, 0.6) is 0 Å². The van der Waals surface area contributed by atoms with Gasteiger partial charge in [0, 0.05) is 16.7 Å². The predicted octanol–water partition coefficient (Wildman–Crippen LogP) is 4.56. The first-order valence-electron chi connectivity index (χ1n) is 5.97. The molecule has 1 N–H and O–H groups in total. The first kappa shape index (κ1) is 15.4. The Kier molecular flexibility index (Phi) is 4.73. The zero-order chi connectivity index (χ0) is 14.8. The maximum absolute atomic E-state index is 11.1. The van der Waals surface area contributed by atoms with Gasteiger partial charge in [0.2, 0.25) is 0 Å². The summed E-state index contributed by atoms with van der Waals surface area (Å²) in [6.07, 6.45) is 0. The predicted molar refractivity (Wildman–Crippen MR) is 85.6 cm³/mol. The van der Waals surface area contributed by atoms with Crippen LogP contribution in [0.15, 0.2) is 29.6 Å². The minimum absolute atomic E-state index is 0.570. The monoisotopic (exact) mass is 327 g/mol. The molecule has 6 heteroatoms. The van der Waals surface area contributed by atoms with Crippen LogP contribution in [0.2, 0.25) is 5.02 Å². The molecule has 1 aromatic heterocycles. The number of benzene rings is 1. The second-order valence-corrected chi connectivity index (χ2v) is 7.59. The Bertz CT molecular complexity index is 625. The molecule has 2 aromatic rings. The molecule has 3 nitrogen and oxygen atoms in total. The maximum atomic E-state index is 11.1. The van der Waals surface area contributed by atoms with Crippen molar-refractivity contribution in [3.8, 4) is 10.6 Å². The van der Waals surface area contributed by atoms with Gasteiger partial charge in [-0.05, 0) is 19.9 Å². The van der Waals surface area contributed by atoms with Gasteiger partial charge in [-0.15, -0.1) is 23.1 Å². The standard InChI is InChI=1S/C14H14ClNO2S2/c1-14(2,13(17)18)20-8-9-7-19-12(16-9)10-5-3-4-6-11(10)15/h3-7H,8H2,1-2H3,(H,17,18). The largest absolute Gasteiger partial charge is 0.480 e. The van der Waals surface area contributed by atoms with Crippen LogP contribution in [-0.4, -0.2) is 20.8 Å². The Morgan fingerprint density at radius 3 is 2.80 bits per heavy atom. The van der Waals surface area contributed by atoms with Crippen molar-refractivity contribution < 1.29 is 9.90 Å². The molecule has 0 radical (unpaired) electrons. The summed E-state index contributed by atoms with van der Waals surface area (Å²) in [5.41, 5.74) is 1.79. The van der Waals surface area contributed by atoms with E-state index in [4.69, 9.17) is 16.7 Å². The van der Waals surface area contributed by atoms with Crippen LogP contribution in [0, 0.1) is 0 Å². The number of hydrogen-bond donors (Lipinski definition) is 1. The summed E-state index contributed by atoms with van der Waals surface area (Å²) in [7, 11) is 0. The van der Waals surface area contributed by atoms with Crippen molar-refractivity contribution >= 4 is 40.7 Å². The second-order valence-electron chi connectivity index (χ2n) is 4.73. The van der Waals surface area contributed by atoms with Crippen molar-refractivity contribution in [3.63, 3.8) is 0 Å². The van der Waals surface area contributed by atoms with Gasteiger partial charge in [0.1, 0.15) is 9.75 Å². The van der Waals surface area contributed by atoms with Crippen LogP contribution in [0.4, 0.5) is 0 Å². The molecule has 0 aliphatic carbocycles. The van der Waals surface area contributed by atoms with Gasteiger partial charge in [0.15, 0.2) is 0 Å². The van der Waals surface area contributed by atoms with E-state index in [-0.39, 0.29) is 0 Å². The molecule has 0 fully saturated rings. The van der Waals surface area contributed by atoms with Crippen LogP contribution in [0.25, 0.3) is 10.6 Å². The molecule has 0 bridgehead atoms. The van der Waals surface area contributed by atoms with Crippen LogP contribution >= 0.6 is 34.7 Å². The topological polar surface area (TPSA) is 50.2 Å². The molecular formula is C14H14ClNO2S2. The average molecular weight is 328 g/mol. The Balaban J connectivity index is 2.11. The average Bonchev–Trinajstić information content (AvgIpc) is 2.85. The summed E-state index contributed by atoms with van der Waals surface area (Å²) in [5.74, 6) is -0.246. The summed E-state index contributed by atoms with van der Waals surface area (Å²) in [6, 6.07) is 7.57. The Morgan fingerprint density at radius 1 is 1.45 bits per heavy atom. The zero-order valence-electron chi connectivity index (χ0n) is 11.1. The number of carboxylic acid groups (broad SMARTS) is 1. The highest BCUT2D eigenvalue weighted by Crippen LogP contribution is 2.33. The number of hydrogen-bond acceptors (Lipinski definition) is 4. The lowest BCUT2D eigenvalue weighted by atomic mass is 10.2. The van der Waals surface area contributed by atoms with Crippen molar-refractivity contribution in [2.45, 2.75) is 24.3 Å². The number of aromatic nitrogens is 1. The SMILES string of the molecule is CC(C)(SCc1csc(-c2ccccc2Cl)n1)C(=O)O. The van der Waals surface area contributed by atoms with Gasteiger partial charge < -0.3 is 5.11 Å². The van der Waals surface area contributed by atoms with E-state index in [2.05, 4.69) is 4.98 Å². The van der Waals surface area contributed by atoms with Crippen LogP contribution in [0.1, 0.15) is 19.5 Å². The van der Waals surface area contributed by atoms with E-state index in [1.54, 1.807) is 13.8 Å². The number of carboxylic acids is 1. The minimum atomic E-state index is -0.816. The molecule has 0 saturated heterocycles. The lowest BCUT2D eigenvalue weighted by molar-refractivity contribution is -0.138. The molecule has 0 atom stereocenters. The summed E-state index contributed by atoms with van der Waals surface area (Å²) in [6.45, 7) is 3.39. The minimum Gasteiger partial charge on any atom is -0.480 e. The highest BCUT2D eigenvalue weighted by atomic mass is 35.5. The third kappa shape index (κ3) is 3.53. The van der Waals surface area contributed by atoms with Crippen molar-refractivity contribution in [2.24, 2.45) is 0 Å². The lowest BCUT2D eigenvalue weighted by Crippen LogP contribution is -2.27. The van der Waals surface area contributed by atoms with E-state index in [0.717, 1.165) is 16.3 Å². The number of carbonyl (C=O) groups is 1. The molecule has 0 amide bonds. The van der Waals surface area contributed by atoms with Gasteiger partial charge in [0.25, 0.3) is 0 Å². The van der Waals surface area contributed by atoms with Gasteiger partial charge in [-0.3, -0.25) is 4.79 Å². The second kappa shape index (κ2) is 6.16. The highest BCUT2D eigenvalue weighted by molar-refractivity contribution is 8.00. The number of thioether (sulfide) groups is 1. The van der Waals surface area contributed by atoms with Crippen LogP contribution in [-0.2, 0) is 10.5 Å². The van der Waals surface area contributed by atoms with Crippen LogP contribution in [0.3, 0.4) is 0 Å². The molecule has 2 rings (SSSR count). The Morgan fingerprint density at radius 2 is 2.15 bits per heavy atom. The Hall–Kier alpha value is -1.04. The zero-order valence-corrected chi connectivity index (χ0v) is 13.5. The molecule has 0 aliphatic heterocycles. The molecule has 0 unspecified atom stereocenters. The van der Waals surface area contributed by atoms with E-state index >= 15 is 0 Å². The maximum Gasteiger partial charge on any atom is 0.319 e. The van der Waals surface area contributed by atoms with E-state index in [9.17, 15) is 4.79 Å². The quantitative estimate of drug-likeness (QED) is 0.874. The number of nitrogens with zero attached hydrogens (tertiary/aromatic N) is 1. The smallest absolute Gasteiger partial charge is 0.319 e. The molecule has 0 aliphatic rings. The molecule has 20 heavy (non-hydrogen) atoms. The van der Waals surface area contributed by atoms with Gasteiger partial charge in [0.05, 0.1) is 10.7 Å². The van der Waals surface area contributed by atoms with Gasteiger partial charge in [-0.2, -0.15) is 0 Å². The third-order valence-corrected chi connectivity index (χ3v) is 5.34. The van der Waals surface area contributed by atoms with Crippen molar-refractivity contribution in [1.29, 1.82) is 0 Å². The first-order chi connectivity index (χ1) is 9.40. The highest BCUT2D eigenvalue weighted by Gasteiger charge is 2.27. The van der Waals surface area contributed by atoms with Crippen molar-refractivity contribution in [2.75, 3.05) is 0 Å². The summed E-state index contributed by atoms with van der Waals surface area (Å²) < 4.78 is -0.811. The number of thiazole rings is 1. The number of aliphatic carboxylic acids is 1. The van der Waals surface area contributed by atoms with Crippen LogP contribution < -0.4 is 0 Å². The number of halogens is 1. The molecular weight excluding hydrogens is 314 g/mol. The molecule has 0 saturated carbocycles. The first-order valence-corrected chi connectivity index (χ1v) is 8.21.